The Balaban J connectivity index is 1.44. The molecule has 0 unspecified atom stereocenters. The van der Waals surface area contributed by atoms with E-state index in [0.717, 1.165) is 25.0 Å². The fraction of sp³-hybridized carbons (Fsp3) is 0.500. The van der Waals surface area contributed by atoms with Crippen molar-refractivity contribution >= 4 is 5.91 Å². The summed E-state index contributed by atoms with van der Waals surface area (Å²) in [6.45, 7) is 2.23. The van der Waals surface area contributed by atoms with Crippen molar-refractivity contribution in [2.24, 2.45) is 5.92 Å². The first kappa shape index (κ1) is 16.1. The van der Waals surface area contributed by atoms with Gasteiger partial charge in [-0.1, -0.05) is 5.16 Å². The molecular weight excluding hydrogens is 322 g/mol. The average Bonchev–Trinajstić information content (AvgIpc) is 3.31. The van der Waals surface area contributed by atoms with Crippen LogP contribution in [0, 0.1) is 5.92 Å². The van der Waals surface area contributed by atoms with Crippen molar-refractivity contribution < 1.29 is 18.8 Å². The summed E-state index contributed by atoms with van der Waals surface area (Å²) in [4.78, 5) is 18.5. The molecule has 3 heterocycles. The van der Waals surface area contributed by atoms with Gasteiger partial charge >= 0.3 is 0 Å². The summed E-state index contributed by atoms with van der Waals surface area (Å²) < 4.78 is 17.1. The van der Waals surface area contributed by atoms with Crippen molar-refractivity contribution in [3.8, 4) is 5.75 Å². The molecule has 2 aliphatic rings. The van der Waals surface area contributed by atoms with Gasteiger partial charge in [-0.15, -0.1) is 0 Å². The number of nitrogens with zero attached hydrogens (tertiary/aromatic N) is 3. The monoisotopic (exact) mass is 343 g/mol. The van der Waals surface area contributed by atoms with Crippen LogP contribution in [-0.4, -0.2) is 52.9 Å². The molecule has 0 aromatic carbocycles. The summed E-state index contributed by atoms with van der Waals surface area (Å²) in [6.07, 6.45) is 7.97. The van der Waals surface area contributed by atoms with Crippen LogP contribution in [0.2, 0.25) is 0 Å². The summed E-state index contributed by atoms with van der Waals surface area (Å²) in [5, 5.41) is 3.63. The molecule has 7 heteroatoms. The second-order valence-corrected chi connectivity index (χ2v) is 6.61. The number of ether oxygens (including phenoxy) is 2. The molecule has 0 radical (unpaired) electrons. The van der Waals surface area contributed by atoms with Crippen molar-refractivity contribution in [1.29, 1.82) is 0 Å². The van der Waals surface area contributed by atoms with Crippen LogP contribution >= 0.6 is 0 Å². The van der Waals surface area contributed by atoms with Gasteiger partial charge in [-0.3, -0.25) is 9.78 Å². The third-order valence-electron chi connectivity index (χ3n) is 5.13. The van der Waals surface area contributed by atoms with Gasteiger partial charge in [0.05, 0.1) is 37.8 Å². The highest BCUT2D eigenvalue weighted by molar-refractivity contribution is 5.91. The second kappa shape index (κ2) is 6.84. The number of carbonyl (C=O) groups excluding carboxylic acids is 1. The fourth-order valence-corrected chi connectivity index (χ4v) is 3.84. The summed E-state index contributed by atoms with van der Waals surface area (Å²) in [7, 11) is 0. The Kier molecular flexibility index (Phi) is 4.40. The SMILES string of the molecule is O=C(c1ccno1)N1CCO[C@]2(CCC[C@@H]2COc2cccnc2)C1. The van der Waals surface area contributed by atoms with Crippen LogP contribution in [0.4, 0.5) is 0 Å². The molecule has 7 nitrogen and oxygen atoms in total. The van der Waals surface area contributed by atoms with Crippen molar-refractivity contribution in [2.45, 2.75) is 24.9 Å². The number of pyridine rings is 1. The van der Waals surface area contributed by atoms with Crippen molar-refractivity contribution in [1.82, 2.24) is 15.0 Å². The predicted molar refractivity (Wildman–Crippen MR) is 88.2 cm³/mol. The van der Waals surface area contributed by atoms with Crippen molar-refractivity contribution in [3.63, 3.8) is 0 Å². The summed E-state index contributed by atoms with van der Waals surface area (Å²) in [6, 6.07) is 5.35. The molecule has 0 N–H and O–H groups in total. The van der Waals surface area contributed by atoms with E-state index in [1.54, 1.807) is 18.5 Å². The lowest BCUT2D eigenvalue weighted by molar-refractivity contribution is -0.127. The maximum atomic E-state index is 12.6. The van der Waals surface area contributed by atoms with Gasteiger partial charge in [0.25, 0.3) is 5.91 Å². The summed E-state index contributed by atoms with van der Waals surface area (Å²) >= 11 is 0. The minimum absolute atomic E-state index is 0.126. The van der Waals surface area contributed by atoms with E-state index in [-0.39, 0.29) is 23.2 Å². The van der Waals surface area contributed by atoms with Crippen molar-refractivity contribution in [2.75, 3.05) is 26.3 Å². The standard InChI is InChI=1S/C18H21N3O4/c22-17(16-5-8-20-25-16)21-9-10-24-18(13-21)6-1-3-14(18)12-23-15-4-2-7-19-11-15/h2,4-5,7-8,11,14H,1,3,6,9-10,12-13H2/t14-,18-/m1/s1. The summed E-state index contributed by atoms with van der Waals surface area (Å²) in [5.41, 5.74) is -0.337. The third-order valence-corrected chi connectivity index (χ3v) is 5.13. The first-order valence-corrected chi connectivity index (χ1v) is 8.64. The number of amides is 1. The molecule has 2 fully saturated rings. The first-order valence-electron chi connectivity index (χ1n) is 8.64. The lowest BCUT2D eigenvalue weighted by atomic mass is 9.89. The lowest BCUT2D eigenvalue weighted by Gasteiger charge is -2.43. The zero-order chi connectivity index (χ0) is 17.1. The molecule has 25 heavy (non-hydrogen) atoms. The van der Waals surface area contributed by atoms with Gasteiger partial charge in [-0.2, -0.15) is 0 Å². The molecule has 1 aliphatic carbocycles. The number of morpholine rings is 1. The Morgan fingerprint density at radius 2 is 2.36 bits per heavy atom. The van der Waals surface area contributed by atoms with Gasteiger partial charge in [0, 0.05) is 24.7 Å². The van der Waals surface area contributed by atoms with Gasteiger partial charge < -0.3 is 18.9 Å². The van der Waals surface area contributed by atoms with E-state index in [1.165, 1.54) is 6.20 Å². The maximum absolute atomic E-state index is 12.6. The minimum atomic E-state index is -0.337. The topological polar surface area (TPSA) is 77.7 Å². The second-order valence-electron chi connectivity index (χ2n) is 6.61. The molecule has 0 bridgehead atoms. The normalized spacial score (nSPS) is 26.1. The van der Waals surface area contributed by atoms with Crippen LogP contribution < -0.4 is 4.74 Å². The number of hydrogen-bond acceptors (Lipinski definition) is 6. The Labute approximate surface area is 145 Å². The molecule has 132 valence electrons. The smallest absolute Gasteiger partial charge is 0.292 e. The number of carbonyl (C=O) groups is 1. The van der Waals surface area contributed by atoms with Crippen LogP contribution in [0.3, 0.4) is 0 Å². The number of hydrogen-bond donors (Lipinski definition) is 0. The molecular formula is C18H21N3O4. The molecule has 4 rings (SSSR count). The lowest BCUT2D eigenvalue weighted by Crippen LogP contribution is -2.56. The molecule has 2 aromatic heterocycles. The van der Waals surface area contributed by atoms with Gasteiger partial charge in [0.1, 0.15) is 5.75 Å². The average molecular weight is 343 g/mol. The molecule has 1 spiro atoms. The van der Waals surface area contributed by atoms with E-state index in [0.29, 0.717) is 26.3 Å². The Hall–Kier alpha value is -2.41. The Morgan fingerprint density at radius 1 is 1.40 bits per heavy atom. The highest BCUT2D eigenvalue weighted by Gasteiger charge is 2.48. The minimum Gasteiger partial charge on any atom is -0.492 e. The molecule has 1 aliphatic heterocycles. The van der Waals surface area contributed by atoms with E-state index >= 15 is 0 Å². The number of aromatic nitrogens is 2. The molecule has 1 saturated carbocycles. The summed E-state index contributed by atoms with van der Waals surface area (Å²) in [5.74, 6) is 1.16. The molecule has 2 atom stereocenters. The van der Waals surface area contributed by atoms with Gasteiger partial charge in [0.15, 0.2) is 0 Å². The van der Waals surface area contributed by atoms with E-state index in [4.69, 9.17) is 14.0 Å². The van der Waals surface area contributed by atoms with E-state index in [1.807, 2.05) is 17.0 Å². The largest absolute Gasteiger partial charge is 0.492 e. The fourth-order valence-electron chi connectivity index (χ4n) is 3.84. The Bertz CT molecular complexity index is 706. The van der Waals surface area contributed by atoms with Crippen LogP contribution in [0.5, 0.6) is 5.75 Å². The van der Waals surface area contributed by atoms with Gasteiger partial charge in [-0.25, -0.2) is 0 Å². The van der Waals surface area contributed by atoms with Crippen LogP contribution in [0.15, 0.2) is 41.3 Å². The first-order chi connectivity index (χ1) is 12.3. The maximum Gasteiger partial charge on any atom is 0.292 e. The van der Waals surface area contributed by atoms with Gasteiger partial charge in [-0.05, 0) is 31.4 Å². The van der Waals surface area contributed by atoms with Crippen LogP contribution in [0.25, 0.3) is 0 Å². The predicted octanol–water partition coefficient (Wildman–Crippen LogP) is 2.16. The molecule has 2 aromatic rings. The highest BCUT2D eigenvalue weighted by atomic mass is 16.5. The van der Waals surface area contributed by atoms with E-state index in [2.05, 4.69) is 10.1 Å². The number of rotatable bonds is 4. The zero-order valence-electron chi connectivity index (χ0n) is 14.0. The molecule has 1 amide bonds. The Morgan fingerprint density at radius 3 is 3.16 bits per heavy atom. The van der Waals surface area contributed by atoms with Crippen LogP contribution in [-0.2, 0) is 4.74 Å². The van der Waals surface area contributed by atoms with E-state index in [9.17, 15) is 4.79 Å². The quantitative estimate of drug-likeness (QED) is 0.846. The highest BCUT2D eigenvalue weighted by Crippen LogP contribution is 2.41. The zero-order valence-corrected chi connectivity index (χ0v) is 14.0. The van der Waals surface area contributed by atoms with Crippen LogP contribution in [0.1, 0.15) is 29.8 Å². The van der Waals surface area contributed by atoms with Gasteiger partial charge in [0.2, 0.25) is 5.76 Å². The third kappa shape index (κ3) is 3.24. The molecule has 1 saturated heterocycles. The van der Waals surface area contributed by atoms with Crippen molar-refractivity contribution in [3.05, 3.63) is 42.5 Å². The van der Waals surface area contributed by atoms with E-state index < -0.39 is 0 Å².